The van der Waals surface area contributed by atoms with E-state index in [2.05, 4.69) is 5.32 Å². The number of nitrogens with zero attached hydrogens (tertiary/aromatic N) is 2. The maximum absolute atomic E-state index is 13.7. The van der Waals surface area contributed by atoms with Crippen LogP contribution >= 0.6 is 0 Å². The molecular weight excluding hydrogens is 422 g/mol. The number of carbonyl (C=O) groups excluding carboxylic acids is 1. The molecule has 0 radical (unpaired) electrons. The fourth-order valence-corrected chi connectivity index (χ4v) is 5.43. The third-order valence-electron chi connectivity index (χ3n) is 5.66. The van der Waals surface area contributed by atoms with Gasteiger partial charge in [0.05, 0.1) is 35.1 Å². The lowest BCUT2D eigenvalue weighted by atomic mass is 10.0. The van der Waals surface area contributed by atoms with Crippen LogP contribution in [0, 0.1) is 6.92 Å². The van der Waals surface area contributed by atoms with Crippen LogP contribution < -0.4 is 10.1 Å². The molecule has 4 aromatic rings. The molecule has 1 aromatic heterocycles. The summed E-state index contributed by atoms with van der Waals surface area (Å²) in [6.07, 6.45) is 0. The van der Waals surface area contributed by atoms with Crippen LogP contribution in [0.25, 0.3) is 16.5 Å². The average molecular weight is 446 g/mol. The minimum absolute atomic E-state index is 0.277. The first-order valence-electron chi connectivity index (χ1n) is 10.5. The Morgan fingerprint density at radius 1 is 1.09 bits per heavy atom. The van der Waals surface area contributed by atoms with Gasteiger partial charge in [0, 0.05) is 16.4 Å². The van der Waals surface area contributed by atoms with Crippen molar-refractivity contribution >= 4 is 33.3 Å². The Morgan fingerprint density at radius 3 is 2.69 bits per heavy atom. The highest BCUT2D eigenvalue weighted by atomic mass is 32.2. The number of amides is 1. The van der Waals surface area contributed by atoms with Crippen molar-refractivity contribution in [2.45, 2.75) is 25.4 Å². The summed E-state index contributed by atoms with van der Waals surface area (Å²) >= 11 is 0. The average Bonchev–Trinajstić information content (AvgIpc) is 3.30. The van der Waals surface area contributed by atoms with Crippen LogP contribution in [0.4, 0.5) is 5.82 Å². The van der Waals surface area contributed by atoms with Gasteiger partial charge in [-0.15, -0.1) is 0 Å². The van der Waals surface area contributed by atoms with Crippen molar-refractivity contribution in [1.82, 2.24) is 9.78 Å². The minimum Gasteiger partial charge on any atom is -0.493 e. The molecule has 1 amide bonds. The number of para-hydroxylation sites is 1. The molecule has 0 aliphatic carbocycles. The van der Waals surface area contributed by atoms with Gasteiger partial charge in [-0.05, 0) is 42.3 Å². The zero-order valence-electron chi connectivity index (χ0n) is 17.9. The lowest BCUT2D eigenvalue weighted by Gasteiger charge is -2.16. The Kier molecular flexibility index (Phi) is 5.27. The SMILES string of the molecule is CCOc1ccc2ccccc2c1C(=O)Nc1c2c(nn1-c1ccccc1C)C[S@@](=O)C2. The Labute approximate surface area is 188 Å². The Hall–Kier alpha value is -3.45. The number of aryl methyl sites for hydroxylation is 1. The Morgan fingerprint density at radius 2 is 1.88 bits per heavy atom. The van der Waals surface area contributed by atoms with Crippen molar-refractivity contribution in [3.63, 3.8) is 0 Å². The highest BCUT2D eigenvalue weighted by Gasteiger charge is 2.29. The van der Waals surface area contributed by atoms with E-state index in [1.54, 1.807) is 4.68 Å². The number of benzene rings is 3. The predicted molar refractivity (Wildman–Crippen MR) is 127 cm³/mol. The van der Waals surface area contributed by atoms with E-state index in [-0.39, 0.29) is 5.91 Å². The fourth-order valence-electron chi connectivity index (χ4n) is 4.16. The van der Waals surface area contributed by atoms with E-state index in [1.165, 1.54) is 0 Å². The third-order valence-corrected chi connectivity index (χ3v) is 6.87. The van der Waals surface area contributed by atoms with E-state index in [0.717, 1.165) is 33.3 Å². The number of hydrogen-bond acceptors (Lipinski definition) is 4. The lowest BCUT2D eigenvalue weighted by Crippen LogP contribution is -2.18. The van der Waals surface area contributed by atoms with Gasteiger partial charge in [0.2, 0.25) is 0 Å². The third kappa shape index (κ3) is 3.48. The summed E-state index contributed by atoms with van der Waals surface area (Å²) in [7, 11) is -1.01. The molecule has 1 atom stereocenters. The number of ether oxygens (including phenoxy) is 1. The topological polar surface area (TPSA) is 73.2 Å². The normalized spacial score (nSPS) is 15.0. The summed E-state index contributed by atoms with van der Waals surface area (Å²) in [5.41, 5.74) is 4.00. The minimum atomic E-state index is -1.01. The van der Waals surface area contributed by atoms with Crippen molar-refractivity contribution in [2.24, 2.45) is 0 Å². The molecule has 0 bridgehead atoms. The van der Waals surface area contributed by atoms with Crippen LogP contribution in [-0.4, -0.2) is 26.5 Å². The summed E-state index contributed by atoms with van der Waals surface area (Å²) in [6.45, 7) is 4.35. The second-order valence-corrected chi connectivity index (χ2v) is 9.20. The molecule has 1 aliphatic rings. The van der Waals surface area contributed by atoms with E-state index in [9.17, 15) is 9.00 Å². The van der Waals surface area contributed by atoms with Gasteiger partial charge in [-0.2, -0.15) is 5.10 Å². The molecule has 7 heteroatoms. The number of fused-ring (bicyclic) bond motifs is 2. The van der Waals surface area contributed by atoms with Gasteiger partial charge < -0.3 is 10.1 Å². The van der Waals surface area contributed by atoms with Crippen molar-refractivity contribution in [3.05, 3.63) is 83.0 Å². The predicted octanol–water partition coefficient (Wildman–Crippen LogP) is 4.75. The maximum Gasteiger partial charge on any atom is 0.261 e. The first kappa shape index (κ1) is 20.5. The van der Waals surface area contributed by atoms with Gasteiger partial charge in [-0.3, -0.25) is 9.00 Å². The smallest absolute Gasteiger partial charge is 0.261 e. The van der Waals surface area contributed by atoms with E-state index in [1.807, 2.05) is 74.5 Å². The second kappa shape index (κ2) is 8.24. The van der Waals surface area contributed by atoms with Gasteiger partial charge >= 0.3 is 0 Å². The number of nitrogens with one attached hydrogen (secondary N) is 1. The van der Waals surface area contributed by atoms with Crippen LogP contribution in [0.5, 0.6) is 5.75 Å². The Bertz CT molecular complexity index is 1380. The van der Waals surface area contributed by atoms with Crippen LogP contribution in [0.2, 0.25) is 0 Å². The molecule has 32 heavy (non-hydrogen) atoms. The number of anilines is 1. The molecule has 1 N–H and O–H groups in total. The van der Waals surface area contributed by atoms with Gasteiger partial charge in [-0.25, -0.2) is 4.68 Å². The van der Waals surface area contributed by atoms with Crippen LogP contribution in [0.3, 0.4) is 0 Å². The first-order valence-corrected chi connectivity index (χ1v) is 12.0. The summed E-state index contributed by atoms with van der Waals surface area (Å²) in [5.74, 6) is 1.60. The summed E-state index contributed by atoms with van der Waals surface area (Å²) < 4.78 is 19.8. The molecule has 1 aliphatic heterocycles. The highest BCUT2D eigenvalue weighted by molar-refractivity contribution is 7.83. The van der Waals surface area contributed by atoms with Gasteiger partial charge in [-0.1, -0.05) is 48.5 Å². The largest absolute Gasteiger partial charge is 0.493 e. The monoisotopic (exact) mass is 445 g/mol. The highest BCUT2D eigenvalue weighted by Crippen LogP contribution is 2.34. The van der Waals surface area contributed by atoms with E-state index < -0.39 is 10.8 Å². The van der Waals surface area contributed by atoms with Crippen molar-refractivity contribution in [1.29, 1.82) is 0 Å². The molecule has 0 unspecified atom stereocenters. The fraction of sp³-hybridized carbons (Fsp3) is 0.200. The Balaban J connectivity index is 1.64. The quantitative estimate of drug-likeness (QED) is 0.481. The molecule has 0 spiro atoms. The summed E-state index contributed by atoms with van der Waals surface area (Å²) in [4.78, 5) is 13.7. The molecule has 162 valence electrons. The molecule has 6 nitrogen and oxygen atoms in total. The number of aromatic nitrogens is 2. The van der Waals surface area contributed by atoms with Crippen LogP contribution in [0.15, 0.2) is 60.7 Å². The number of carbonyl (C=O) groups is 1. The summed E-state index contributed by atoms with van der Waals surface area (Å²) in [5, 5.41) is 9.59. The maximum atomic E-state index is 13.7. The van der Waals surface area contributed by atoms with Crippen molar-refractivity contribution < 1.29 is 13.7 Å². The van der Waals surface area contributed by atoms with Crippen LogP contribution in [0.1, 0.15) is 34.1 Å². The van der Waals surface area contributed by atoms with E-state index in [0.29, 0.717) is 35.2 Å². The van der Waals surface area contributed by atoms with Crippen molar-refractivity contribution in [3.8, 4) is 11.4 Å². The zero-order chi connectivity index (χ0) is 22.2. The molecule has 2 heterocycles. The lowest BCUT2D eigenvalue weighted by molar-refractivity contribution is 0.102. The van der Waals surface area contributed by atoms with Crippen LogP contribution in [-0.2, 0) is 22.3 Å². The van der Waals surface area contributed by atoms with E-state index >= 15 is 0 Å². The molecule has 0 fully saturated rings. The number of rotatable bonds is 5. The molecule has 0 saturated carbocycles. The first-order chi connectivity index (χ1) is 15.6. The summed E-state index contributed by atoms with van der Waals surface area (Å²) in [6, 6.07) is 19.4. The van der Waals surface area contributed by atoms with Gasteiger partial charge in [0.25, 0.3) is 5.91 Å². The van der Waals surface area contributed by atoms with Crippen molar-refractivity contribution in [2.75, 3.05) is 11.9 Å². The zero-order valence-corrected chi connectivity index (χ0v) is 18.7. The van der Waals surface area contributed by atoms with Gasteiger partial charge in [0.15, 0.2) is 0 Å². The van der Waals surface area contributed by atoms with Gasteiger partial charge in [0.1, 0.15) is 11.6 Å². The molecule has 3 aromatic carbocycles. The molecular formula is C25H23N3O3S. The number of hydrogen-bond donors (Lipinski definition) is 1. The molecule has 0 saturated heterocycles. The molecule has 5 rings (SSSR count). The van der Waals surface area contributed by atoms with E-state index in [4.69, 9.17) is 9.84 Å². The standard InChI is InChI=1S/C25H23N3O3S/c1-3-31-22-13-12-17-9-5-6-10-18(17)23(22)25(29)26-24-19-14-32(30)15-20(19)27-28(24)21-11-7-4-8-16(21)2/h4-13H,3,14-15H2,1-2H3,(H,26,29)/t32-/m0/s1. The second-order valence-electron chi connectivity index (χ2n) is 7.75.